The summed E-state index contributed by atoms with van der Waals surface area (Å²) in [6.45, 7) is 2.25. The molecule has 0 aromatic carbocycles. The van der Waals surface area contributed by atoms with Crippen LogP contribution in [-0.2, 0) is 9.53 Å². The summed E-state index contributed by atoms with van der Waals surface area (Å²) < 4.78 is 4.93. The Bertz CT molecular complexity index is 298. The third-order valence-electron chi connectivity index (χ3n) is 4.14. The number of thioether (sulfide) groups is 1. The van der Waals surface area contributed by atoms with E-state index in [1.165, 1.54) is 64.2 Å². The number of esters is 1. The monoisotopic (exact) mass is 332 g/mol. The van der Waals surface area contributed by atoms with Crippen molar-refractivity contribution in [1.82, 2.24) is 0 Å². The molecule has 0 aliphatic carbocycles. The van der Waals surface area contributed by atoms with Crippen molar-refractivity contribution < 1.29 is 19.7 Å². The van der Waals surface area contributed by atoms with Crippen molar-refractivity contribution in [2.24, 2.45) is 0 Å². The highest BCUT2D eigenvalue weighted by Crippen LogP contribution is 2.21. The quantitative estimate of drug-likeness (QED) is 0.400. The fourth-order valence-corrected chi connectivity index (χ4v) is 3.73. The largest absolute Gasteiger partial charge is 0.457 e. The SMILES string of the molecule is CCCCCCCCCCCCSC[C@H]1OC(=O)[C@H](O)[C@@H]1O. The predicted octanol–water partition coefficient (Wildman–Crippen LogP) is 3.29. The van der Waals surface area contributed by atoms with E-state index >= 15 is 0 Å². The van der Waals surface area contributed by atoms with Gasteiger partial charge in [0.15, 0.2) is 6.10 Å². The molecule has 0 aromatic heterocycles. The zero-order valence-corrected chi connectivity index (χ0v) is 14.7. The molecule has 1 aliphatic heterocycles. The molecule has 1 rings (SSSR count). The van der Waals surface area contributed by atoms with Gasteiger partial charge in [-0.1, -0.05) is 64.7 Å². The van der Waals surface area contributed by atoms with E-state index in [0.717, 1.165) is 5.75 Å². The number of unbranched alkanes of at least 4 members (excludes halogenated alkanes) is 9. The smallest absolute Gasteiger partial charge is 0.338 e. The summed E-state index contributed by atoms with van der Waals surface area (Å²) >= 11 is 1.69. The van der Waals surface area contributed by atoms with Crippen LogP contribution in [0.4, 0.5) is 0 Å². The number of cyclic esters (lactones) is 1. The Labute approximate surface area is 139 Å². The number of aliphatic hydroxyl groups is 2. The summed E-state index contributed by atoms with van der Waals surface area (Å²) in [6, 6.07) is 0. The van der Waals surface area contributed by atoms with Crippen molar-refractivity contribution in [3.8, 4) is 0 Å². The summed E-state index contributed by atoms with van der Waals surface area (Å²) in [5.74, 6) is 0.895. The Kier molecular flexibility index (Phi) is 11.0. The molecule has 0 aromatic rings. The minimum Gasteiger partial charge on any atom is -0.457 e. The molecule has 0 amide bonds. The lowest BCUT2D eigenvalue weighted by molar-refractivity contribution is -0.146. The summed E-state index contributed by atoms with van der Waals surface area (Å²) in [4.78, 5) is 11.1. The highest BCUT2D eigenvalue weighted by molar-refractivity contribution is 7.99. The number of rotatable bonds is 13. The first-order chi connectivity index (χ1) is 10.7. The molecule has 0 radical (unpaired) electrons. The van der Waals surface area contributed by atoms with Crippen LogP contribution in [0.5, 0.6) is 0 Å². The van der Waals surface area contributed by atoms with Gasteiger partial charge in [0.1, 0.15) is 12.2 Å². The zero-order chi connectivity index (χ0) is 16.2. The van der Waals surface area contributed by atoms with Gasteiger partial charge in [0.05, 0.1) is 0 Å². The molecule has 3 atom stereocenters. The molecule has 0 unspecified atom stereocenters. The third-order valence-corrected chi connectivity index (χ3v) is 5.28. The minimum absolute atomic E-state index is 0.546. The topological polar surface area (TPSA) is 66.8 Å². The number of hydrogen-bond donors (Lipinski definition) is 2. The molecule has 0 saturated carbocycles. The van der Waals surface area contributed by atoms with Crippen LogP contribution < -0.4 is 0 Å². The predicted molar refractivity (Wildman–Crippen MR) is 91.1 cm³/mol. The maximum Gasteiger partial charge on any atom is 0.338 e. The van der Waals surface area contributed by atoms with Gasteiger partial charge in [-0.3, -0.25) is 0 Å². The summed E-state index contributed by atoms with van der Waals surface area (Å²) in [6.07, 6.45) is 10.3. The van der Waals surface area contributed by atoms with Crippen LogP contribution in [0.3, 0.4) is 0 Å². The third kappa shape index (κ3) is 7.84. The molecule has 1 saturated heterocycles. The summed E-state index contributed by atoms with van der Waals surface area (Å²) in [5.41, 5.74) is 0. The fourth-order valence-electron chi connectivity index (χ4n) is 2.66. The Morgan fingerprint density at radius 3 is 2.00 bits per heavy atom. The average molecular weight is 333 g/mol. The summed E-state index contributed by atoms with van der Waals surface area (Å²) in [7, 11) is 0. The van der Waals surface area contributed by atoms with E-state index in [2.05, 4.69) is 6.92 Å². The standard InChI is InChI=1S/C17H32O4S/c1-2-3-4-5-6-7-8-9-10-11-12-22-13-14-15(18)16(19)17(20)21-14/h14-16,18-19H,2-13H2,1H3/t14-,15-,16-/m1/s1. The van der Waals surface area contributed by atoms with E-state index in [1.54, 1.807) is 11.8 Å². The highest BCUT2D eigenvalue weighted by atomic mass is 32.2. The van der Waals surface area contributed by atoms with Gasteiger partial charge >= 0.3 is 5.97 Å². The normalized spacial score (nSPS) is 24.7. The molecule has 1 aliphatic rings. The zero-order valence-electron chi connectivity index (χ0n) is 13.8. The molecule has 22 heavy (non-hydrogen) atoms. The lowest BCUT2D eigenvalue weighted by Crippen LogP contribution is -2.32. The van der Waals surface area contributed by atoms with E-state index in [-0.39, 0.29) is 0 Å². The maximum absolute atomic E-state index is 11.1. The first-order valence-corrected chi connectivity index (χ1v) is 9.96. The molecule has 0 spiro atoms. The molecular weight excluding hydrogens is 300 g/mol. The van der Waals surface area contributed by atoms with Crippen molar-refractivity contribution >= 4 is 17.7 Å². The van der Waals surface area contributed by atoms with Crippen LogP contribution in [0, 0.1) is 0 Å². The van der Waals surface area contributed by atoms with Gasteiger partial charge in [0.25, 0.3) is 0 Å². The van der Waals surface area contributed by atoms with Crippen molar-refractivity contribution in [2.75, 3.05) is 11.5 Å². The first kappa shape index (κ1) is 19.8. The number of carbonyl (C=O) groups excluding carboxylic acids is 1. The highest BCUT2D eigenvalue weighted by Gasteiger charge is 2.42. The van der Waals surface area contributed by atoms with Gasteiger partial charge in [0.2, 0.25) is 0 Å². The number of carbonyl (C=O) groups is 1. The number of aliphatic hydroxyl groups excluding tert-OH is 2. The van der Waals surface area contributed by atoms with Crippen LogP contribution in [0.2, 0.25) is 0 Å². The molecule has 0 bridgehead atoms. The van der Waals surface area contributed by atoms with Crippen molar-refractivity contribution in [3.63, 3.8) is 0 Å². The number of hydrogen-bond acceptors (Lipinski definition) is 5. The van der Waals surface area contributed by atoms with E-state index in [9.17, 15) is 15.0 Å². The Balaban J connectivity index is 1.83. The maximum atomic E-state index is 11.1. The van der Waals surface area contributed by atoms with Gasteiger partial charge in [-0.05, 0) is 12.2 Å². The van der Waals surface area contributed by atoms with Crippen LogP contribution in [0.1, 0.15) is 71.1 Å². The van der Waals surface area contributed by atoms with Crippen LogP contribution >= 0.6 is 11.8 Å². The molecule has 1 heterocycles. The van der Waals surface area contributed by atoms with Gasteiger partial charge in [-0.15, -0.1) is 0 Å². The number of ether oxygens (including phenoxy) is 1. The lowest BCUT2D eigenvalue weighted by Gasteiger charge is -2.12. The van der Waals surface area contributed by atoms with Crippen LogP contribution in [0.15, 0.2) is 0 Å². The molecule has 1 fully saturated rings. The second-order valence-corrected chi connectivity index (χ2v) is 7.32. The molecule has 2 N–H and O–H groups in total. The molecule has 130 valence electrons. The van der Waals surface area contributed by atoms with Gasteiger partial charge in [-0.2, -0.15) is 11.8 Å². The van der Waals surface area contributed by atoms with Gasteiger partial charge in [-0.25, -0.2) is 4.79 Å². The van der Waals surface area contributed by atoms with E-state index in [4.69, 9.17) is 4.74 Å². The fraction of sp³-hybridized carbons (Fsp3) is 0.941. The van der Waals surface area contributed by atoms with Gasteiger partial charge in [0, 0.05) is 5.75 Å². The minimum atomic E-state index is -1.36. The van der Waals surface area contributed by atoms with E-state index in [1.807, 2.05) is 0 Å². The average Bonchev–Trinajstić information content (AvgIpc) is 2.75. The Morgan fingerprint density at radius 1 is 0.955 bits per heavy atom. The molecular formula is C17H32O4S. The second-order valence-electron chi connectivity index (χ2n) is 6.17. The molecule has 4 nitrogen and oxygen atoms in total. The first-order valence-electron chi connectivity index (χ1n) is 8.81. The van der Waals surface area contributed by atoms with Crippen molar-refractivity contribution in [2.45, 2.75) is 89.4 Å². The van der Waals surface area contributed by atoms with Gasteiger partial charge < -0.3 is 14.9 Å². The molecule has 5 heteroatoms. The van der Waals surface area contributed by atoms with E-state index < -0.39 is 24.3 Å². The Hall–Kier alpha value is -0.260. The second kappa shape index (κ2) is 12.2. The summed E-state index contributed by atoms with van der Waals surface area (Å²) in [5, 5.41) is 18.9. The van der Waals surface area contributed by atoms with Crippen molar-refractivity contribution in [3.05, 3.63) is 0 Å². The van der Waals surface area contributed by atoms with E-state index in [0.29, 0.717) is 5.75 Å². The van der Waals surface area contributed by atoms with Crippen LogP contribution in [-0.4, -0.2) is 46.0 Å². The van der Waals surface area contributed by atoms with Crippen molar-refractivity contribution in [1.29, 1.82) is 0 Å². The Morgan fingerprint density at radius 2 is 1.50 bits per heavy atom. The lowest BCUT2D eigenvalue weighted by atomic mass is 10.1. The van der Waals surface area contributed by atoms with Crippen LogP contribution in [0.25, 0.3) is 0 Å².